The average Bonchev–Trinajstić information content (AvgIpc) is 2.90. The number of benzene rings is 1. The first-order valence-electron chi connectivity index (χ1n) is 6.46. The number of ether oxygens (including phenoxy) is 1. The van der Waals surface area contributed by atoms with Crippen molar-refractivity contribution in [3.8, 4) is 11.6 Å². The van der Waals surface area contributed by atoms with Crippen LogP contribution in [0.15, 0.2) is 53.3 Å². The van der Waals surface area contributed by atoms with Crippen LogP contribution in [0.25, 0.3) is 11.0 Å². The summed E-state index contributed by atoms with van der Waals surface area (Å²) in [5, 5.41) is 0.880. The lowest BCUT2D eigenvalue weighted by atomic mass is 10.2. The van der Waals surface area contributed by atoms with E-state index in [-0.39, 0.29) is 0 Å². The maximum atomic E-state index is 5.83. The smallest absolute Gasteiger partial charge is 0.230 e. The highest BCUT2D eigenvalue weighted by molar-refractivity contribution is 5.82. The molecule has 3 aromatic rings. The van der Waals surface area contributed by atoms with Crippen molar-refractivity contribution in [2.24, 2.45) is 0 Å². The number of hydrogen-bond donors (Lipinski definition) is 0. The fourth-order valence-electron chi connectivity index (χ4n) is 2.09. The Morgan fingerprint density at radius 1 is 1.10 bits per heavy atom. The van der Waals surface area contributed by atoms with Crippen LogP contribution in [0.1, 0.15) is 5.56 Å². The zero-order valence-corrected chi connectivity index (χ0v) is 11.5. The van der Waals surface area contributed by atoms with Gasteiger partial charge in [0.25, 0.3) is 0 Å². The third-order valence-corrected chi connectivity index (χ3v) is 2.98. The summed E-state index contributed by atoms with van der Waals surface area (Å²) in [7, 11) is 4.10. The predicted octanol–water partition coefficient (Wildman–Crippen LogP) is 3.68. The Bertz CT molecular complexity index is 702. The summed E-state index contributed by atoms with van der Waals surface area (Å²) in [6.07, 6.45) is 3.32. The van der Waals surface area contributed by atoms with Crippen LogP contribution in [0.5, 0.6) is 11.6 Å². The van der Waals surface area contributed by atoms with E-state index in [9.17, 15) is 0 Å². The maximum Gasteiger partial charge on any atom is 0.230 e. The number of furan rings is 1. The fraction of sp³-hybridized carbons (Fsp3) is 0.188. The van der Waals surface area contributed by atoms with Gasteiger partial charge in [-0.1, -0.05) is 12.1 Å². The van der Waals surface area contributed by atoms with Crippen molar-refractivity contribution in [2.45, 2.75) is 6.54 Å². The molecular weight excluding hydrogens is 252 g/mol. The number of hydrogen-bond acceptors (Lipinski definition) is 4. The van der Waals surface area contributed by atoms with E-state index in [0.717, 1.165) is 23.3 Å². The highest BCUT2D eigenvalue weighted by Gasteiger charge is 2.07. The van der Waals surface area contributed by atoms with Gasteiger partial charge in [-0.05, 0) is 43.9 Å². The molecule has 0 saturated carbocycles. The minimum absolute atomic E-state index is 0.566. The standard InChI is InChI=1S/C16H16N2O2/c1-18(2)11-12-3-5-13(6-4-12)20-16-14-8-10-19-15(14)7-9-17-16/h3-10H,11H2,1-2H3. The zero-order valence-electron chi connectivity index (χ0n) is 11.5. The number of rotatable bonds is 4. The van der Waals surface area contributed by atoms with Crippen LogP contribution in [-0.4, -0.2) is 24.0 Å². The van der Waals surface area contributed by atoms with Crippen LogP contribution in [0.4, 0.5) is 0 Å². The molecule has 1 aromatic carbocycles. The molecule has 0 atom stereocenters. The molecule has 0 saturated heterocycles. The molecule has 2 heterocycles. The van der Waals surface area contributed by atoms with E-state index in [1.54, 1.807) is 12.5 Å². The second-order valence-electron chi connectivity index (χ2n) is 4.93. The first kappa shape index (κ1) is 12.7. The van der Waals surface area contributed by atoms with Gasteiger partial charge in [-0.2, -0.15) is 0 Å². The summed E-state index contributed by atoms with van der Waals surface area (Å²) in [5.41, 5.74) is 2.02. The number of fused-ring (bicyclic) bond motifs is 1. The minimum atomic E-state index is 0.566. The molecule has 0 unspecified atom stereocenters. The van der Waals surface area contributed by atoms with E-state index in [0.29, 0.717) is 5.88 Å². The Morgan fingerprint density at radius 3 is 2.65 bits per heavy atom. The van der Waals surface area contributed by atoms with Gasteiger partial charge in [-0.25, -0.2) is 4.98 Å². The van der Waals surface area contributed by atoms with Crippen molar-refractivity contribution in [1.29, 1.82) is 0 Å². The van der Waals surface area contributed by atoms with Gasteiger partial charge in [-0.3, -0.25) is 0 Å². The van der Waals surface area contributed by atoms with E-state index in [4.69, 9.17) is 9.15 Å². The van der Waals surface area contributed by atoms with Gasteiger partial charge in [0.2, 0.25) is 5.88 Å². The van der Waals surface area contributed by atoms with Gasteiger partial charge >= 0.3 is 0 Å². The molecule has 0 bridgehead atoms. The molecule has 4 nitrogen and oxygen atoms in total. The molecule has 0 aliphatic rings. The third kappa shape index (κ3) is 2.65. The van der Waals surface area contributed by atoms with Crippen LogP contribution in [0, 0.1) is 0 Å². The topological polar surface area (TPSA) is 38.5 Å². The molecule has 102 valence electrons. The Kier molecular flexibility index (Phi) is 3.39. The zero-order chi connectivity index (χ0) is 13.9. The van der Waals surface area contributed by atoms with Gasteiger partial charge in [0.15, 0.2) is 0 Å². The molecule has 4 heteroatoms. The van der Waals surface area contributed by atoms with Crippen molar-refractivity contribution < 1.29 is 9.15 Å². The Labute approximate surface area is 117 Å². The van der Waals surface area contributed by atoms with E-state index in [2.05, 4.69) is 22.0 Å². The fourth-order valence-corrected chi connectivity index (χ4v) is 2.09. The van der Waals surface area contributed by atoms with Gasteiger partial charge in [0, 0.05) is 12.7 Å². The quantitative estimate of drug-likeness (QED) is 0.723. The van der Waals surface area contributed by atoms with E-state index < -0.39 is 0 Å². The maximum absolute atomic E-state index is 5.83. The lowest BCUT2D eigenvalue weighted by Crippen LogP contribution is -2.10. The molecule has 0 aliphatic carbocycles. The number of pyridine rings is 1. The summed E-state index contributed by atoms with van der Waals surface area (Å²) in [6.45, 7) is 0.913. The predicted molar refractivity (Wildman–Crippen MR) is 77.9 cm³/mol. The lowest BCUT2D eigenvalue weighted by molar-refractivity contribution is 0.402. The van der Waals surface area contributed by atoms with Crippen molar-refractivity contribution in [3.05, 3.63) is 54.4 Å². The molecular formula is C16H16N2O2. The SMILES string of the molecule is CN(C)Cc1ccc(Oc2nccc3occc23)cc1. The van der Waals surface area contributed by atoms with Gasteiger partial charge in [0.05, 0.1) is 11.6 Å². The monoisotopic (exact) mass is 268 g/mol. The summed E-state index contributed by atoms with van der Waals surface area (Å²) < 4.78 is 11.2. The highest BCUT2D eigenvalue weighted by Crippen LogP contribution is 2.28. The summed E-state index contributed by atoms with van der Waals surface area (Å²) in [6, 6.07) is 11.7. The molecule has 20 heavy (non-hydrogen) atoms. The van der Waals surface area contributed by atoms with Crippen LogP contribution < -0.4 is 4.74 Å². The van der Waals surface area contributed by atoms with Crippen molar-refractivity contribution in [2.75, 3.05) is 14.1 Å². The summed E-state index contributed by atoms with van der Waals surface area (Å²) in [4.78, 5) is 6.38. The molecule has 0 spiro atoms. The molecule has 0 N–H and O–H groups in total. The normalized spacial score (nSPS) is 11.2. The van der Waals surface area contributed by atoms with E-state index >= 15 is 0 Å². The molecule has 3 rings (SSSR count). The molecule has 0 aliphatic heterocycles. The number of aromatic nitrogens is 1. The second-order valence-corrected chi connectivity index (χ2v) is 4.93. The highest BCUT2D eigenvalue weighted by atomic mass is 16.5. The average molecular weight is 268 g/mol. The van der Waals surface area contributed by atoms with Crippen LogP contribution >= 0.6 is 0 Å². The molecule has 0 radical (unpaired) electrons. The van der Waals surface area contributed by atoms with E-state index in [1.165, 1.54) is 5.56 Å². The molecule has 0 amide bonds. The van der Waals surface area contributed by atoms with Crippen LogP contribution in [-0.2, 0) is 6.54 Å². The first-order valence-corrected chi connectivity index (χ1v) is 6.46. The summed E-state index contributed by atoms with van der Waals surface area (Å²) >= 11 is 0. The van der Waals surface area contributed by atoms with Crippen molar-refractivity contribution in [3.63, 3.8) is 0 Å². The van der Waals surface area contributed by atoms with Crippen LogP contribution in [0.2, 0.25) is 0 Å². The van der Waals surface area contributed by atoms with Gasteiger partial charge < -0.3 is 14.1 Å². The van der Waals surface area contributed by atoms with Crippen LogP contribution in [0.3, 0.4) is 0 Å². The minimum Gasteiger partial charge on any atom is -0.464 e. The molecule has 2 aromatic heterocycles. The first-order chi connectivity index (χ1) is 9.72. The second kappa shape index (κ2) is 5.35. The Balaban J connectivity index is 1.82. The van der Waals surface area contributed by atoms with Crippen molar-refractivity contribution in [1.82, 2.24) is 9.88 Å². The Morgan fingerprint density at radius 2 is 1.90 bits per heavy atom. The van der Waals surface area contributed by atoms with E-state index in [1.807, 2.05) is 38.4 Å². The van der Waals surface area contributed by atoms with Gasteiger partial charge in [-0.15, -0.1) is 0 Å². The largest absolute Gasteiger partial charge is 0.464 e. The Hall–Kier alpha value is -2.33. The molecule has 0 fully saturated rings. The lowest BCUT2D eigenvalue weighted by Gasteiger charge is -2.10. The summed E-state index contributed by atoms with van der Waals surface area (Å²) in [5.74, 6) is 1.34. The third-order valence-electron chi connectivity index (χ3n) is 2.98. The number of nitrogens with zero attached hydrogens (tertiary/aromatic N) is 2. The van der Waals surface area contributed by atoms with Gasteiger partial charge in [0.1, 0.15) is 11.3 Å². The van der Waals surface area contributed by atoms with Crippen molar-refractivity contribution >= 4 is 11.0 Å².